The van der Waals surface area contributed by atoms with Crippen molar-refractivity contribution in [3.8, 4) is 0 Å². The summed E-state index contributed by atoms with van der Waals surface area (Å²) in [5.41, 5.74) is 0.913. The lowest BCUT2D eigenvalue weighted by atomic mass is 10.2. The highest BCUT2D eigenvalue weighted by Crippen LogP contribution is 2.05. The van der Waals surface area contributed by atoms with Crippen LogP contribution >= 0.6 is 0 Å². The number of benzene rings is 1. The molecule has 4 nitrogen and oxygen atoms in total. The molecule has 1 unspecified atom stereocenters. The molecule has 4 heteroatoms. The van der Waals surface area contributed by atoms with E-state index < -0.39 is 12.1 Å². The summed E-state index contributed by atoms with van der Waals surface area (Å²) in [6, 6.07) is 9.43. The van der Waals surface area contributed by atoms with Crippen molar-refractivity contribution in [3.05, 3.63) is 42.0 Å². The molecular weight excluding hydrogens is 256 g/mol. The van der Waals surface area contributed by atoms with Crippen LogP contribution in [0.1, 0.15) is 32.8 Å². The van der Waals surface area contributed by atoms with Crippen LogP contribution < -0.4 is 0 Å². The highest BCUT2D eigenvalue weighted by atomic mass is 16.6. The molecule has 1 rings (SSSR count). The number of rotatable bonds is 6. The van der Waals surface area contributed by atoms with Gasteiger partial charge in [-0.25, -0.2) is 4.79 Å². The molecule has 0 radical (unpaired) electrons. The second kappa shape index (κ2) is 8.15. The van der Waals surface area contributed by atoms with Gasteiger partial charge in [0.25, 0.3) is 0 Å². The zero-order valence-electron chi connectivity index (χ0n) is 12.0. The zero-order chi connectivity index (χ0) is 15.0. The molecule has 0 amide bonds. The molecule has 0 saturated heterocycles. The lowest BCUT2D eigenvalue weighted by Gasteiger charge is -2.13. The first kappa shape index (κ1) is 16.0. The van der Waals surface area contributed by atoms with Gasteiger partial charge in [-0.05, 0) is 32.4 Å². The maximum Gasteiger partial charge on any atom is 0.331 e. The van der Waals surface area contributed by atoms with Crippen LogP contribution in [0.5, 0.6) is 0 Å². The first-order valence-electron chi connectivity index (χ1n) is 6.60. The van der Waals surface area contributed by atoms with Crippen LogP contribution in [0.2, 0.25) is 0 Å². The third-order valence-electron chi connectivity index (χ3n) is 2.35. The molecule has 0 N–H and O–H groups in total. The van der Waals surface area contributed by atoms with E-state index in [4.69, 9.17) is 9.47 Å². The van der Waals surface area contributed by atoms with Crippen LogP contribution in [0.25, 0.3) is 6.08 Å². The number of esters is 2. The van der Waals surface area contributed by atoms with E-state index in [9.17, 15) is 9.59 Å². The summed E-state index contributed by atoms with van der Waals surface area (Å²) >= 11 is 0. The number of ether oxygens (including phenoxy) is 2. The summed E-state index contributed by atoms with van der Waals surface area (Å²) in [4.78, 5) is 23.0. The van der Waals surface area contributed by atoms with Gasteiger partial charge in [0, 0.05) is 6.08 Å². The molecule has 0 aliphatic rings. The first-order chi connectivity index (χ1) is 9.47. The smallest absolute Gasteiger partial charge is 0.331 e. The largest absolute Gasteiger partial charge is 0.463 e. The lowest BCUT2D eigenvalue weighted by Crippen LogP contribution is -2.20. The van der Waals surface area contributed by atoms with Crippen LogP contribution in [-0.2, 0) is 19.1 Å². The predicted octanol–water partition coefficient (Wildman–Crippen LogP) is 2.97. The van der Waals surface area contributed by atoms with Gasteiger partial charge in [-0.3, -0.25) is 4.79 Å². The van der Waals surface area contributed by atoms with E-state index in [1.165, 1.54) is 6.08 Å². The van der Waals surface area contributed by atoms with Crippen LogP contribution in [0.4, 0.5) is 0 Å². The summed E-state index contributed by atoms with van der Waals surface area (Å²) in [7, 11) is 0. The Morgan fingerprint density at radius 1 is 1.10 bits per heavy atom. The SMILES string of the molecule is CC(C)OC(=O)CC(C)OC(=O)C=Cc1ccccc1. The fraction of sp³-hybridized carbons (Fsp3) is 0.375. The third kappa shape index (κ3) is 6.73. The molecule has 0 saturated carbocycles. The maximum absolute atomic E-state index is 11.6. The molecule has 0 bridgehead atoms. The molecule has 0 heterocycles. The fourth-order valence-corrected chi connectivity index (χ4v) is 1.55. The van der Waals surface area contributed by atoms with Crippen molar-refractivity contribution in [1.82, 2.24) is 0 Å². The number of carbonyl (C=O) groups excluding carboxylic acids is 2. The van der Waals surface area contributed by atoms with Crippen LogP contribution in [0.3, 0.4) is 0 Å². The normalized spacial score (nSPS) is 12.4. The minimum atomic E-state index is -0.505. The maximum atomic E-state index is 11.6. The van der Waals surface area contributed by atoms with Crippen molar-refractivity contribution in [2.45, 2.75) is 39.4 Å². The van der Waals surface area contributed by atoms with Gasteiger partial charge in [0.05, 0.1) is 12.5 Å². The number of hydrogen-bond acceptors (Lipinski definition) is 4. The molecule has 0 aromatic heterocycles. The molecule has 1 aromatic rings. The topological polar surface area (TPSA) is 52.6 Å². The van der Waals surface area contributed by atoms with Gasteiger partial charge in [-0.1, -0.05) is 30.3 Å². The minimum absolute atomic E-state index is 0.0586. The Morgan fingerprint density at radius 2 is 1.75 bits per heavy atom. The monoisotopic (exact) mass is 276 g/mol. The Labute approximate surface area is 119 Å². The Bertz CT molecular complexity index is 463. The summed E-state index contributed by atoms with van der Waals surface area (Å²) < 4.78 is 10.1. The predicted molar refractivity (Wildman–Crippen MR) is 76.9 cm³/mol. The minimum Gasteiger partial charge on any atom is -0.463 e. The van der Waals surface area contributed by atoms with E-state index in [0.29, 0.717) is 0 Å². The van der Waals surface area contributed by atoms with Crippen molar-refractivity contribution in [2.24, 2.45) is 0 Å². The third-order valence-corrected chi connectivity index (χ3v) is 2.35. The summed E-state index contributed by atoms with van der Waals surface area (Å²) in [5, 5.41) is 0. The molecule has 20 heavy (non-hydrogen) atoms. The van der Waals surface area contributed by atoms with E-state index in [1.807, 2.05) is 30.3 Å². The summed E-state index contributed by atoms with van der Waals surface area (Å²) in [5.74, 6) is -0.842. The molecule has 1 aromatic carbocycles. The lowest BCUT2D eigenvalue weighted by molar-refractivity contribution is -0.153. The van der Waals surface area contributed by atoms with Gasteiger partial charge in [0.1, 0.15) is 6.10 Å². The van der Waals surface area contributed by atoms with Crippen LogP contribution in [0.15, 0.2) is 36.4 Å². The van der Waals surface area contributed by atoms with Crippen molar-refractivity contribution >= 4 is 18.0 Å². The fourth-order valence-electron chi connectivity index (χ4n) is 1.55. The van der Waals surface area contributed by atoms with Gasteiger partial charge < -0.3 is 9.47 Å². The molecule has 1 atom stereocenters. The standard InChI is InChI=1S/C16H20O4/c1-12(2)19-16(18)11-13(3)20-15(17)10-9-14-7-5-4-6-8-14/h4-10,12-13H,11H2,1-3H3. The van der Waals surface area contributed by atoms with Gasteiger partial charge in [0.15, 0.2) is 0 Å². The average molecular weight is 276 g/mol. The van der Waals surface area contributed by atoms with Gasteiger partial charge in [-0.2, -0.15) is 0 Å². The molecule has 0 fully saturated rings. The molecule has 0 spiro atoms. The Hall–Kier alpha value is -2.10. The van der Waals surface area contributed by atoms with Gasteiger partial charge >= 0.3 is 11.9 Å². The number of hydrogen-bond donors (Lipinski definition) is 0. The van der Waals surface area contributed by atoms with Crippen LogP contribution in [-0.4, -0.2) is 24.1 Å². The zero-order valence-corrected chi connectivity index (χ0v) is 12.0. The Balaban J connectivity index is 2.38. The number of carbonyl (C=O) groups is 2. The van der Waals surface area contributed by atoms with E-state index in [1.54, 1.807) is 26.8 Å². The van der Waals surface area contributed by atoms with Crippen molar-refractivity contribution < 1.29 is 19.1 Å². The van der Waals surface area contributed by atoms with Crippen molar-refractivity contribution in [3.63, 3.8) is 0 Å². The van der Waals surface area contributed by atoms with Crippen molar-refractivity contribution in [1.29, 1.82) is 0 Å². The Kier molecular flexibility index (Phi) is 6.50. The quantitative estimate of drug-likeness (QED) is 0.592. The molecule has 0 aliphatic heterocycles. The molecular formula is C16H20O4. The highest BCUT2D eigenvalue weighted by molar-refractivity contribution is 5.87. The molecule has 0 aliphatic carbocycles. The first-order valence-corrected chi connectivity index (χ1v) is 6.60. The molecule has 108 valence electrons. The van der Waals surface area contributed by atoms with Crippen LogP contribution in [0, 0.1) is 0 Å². The second-order valence-electron chi connectivity index (χ2n) is 4.73. The van der Waals surface area contributed by atoms with E-state index in [-0.39, 0.29) is 18.5 Å². The second-order valence-corrected chi connectivity index (χ2v) is 4.73. The van der Waals surface area contributed by atoms with E-state index in [0.717, 1.165) is 5.56 Å². The van der Waals surface area contributed by atoms with E-state index >= 15 is 0 Å². The highest BCUT2D eigenvalue weighted by Gasteiger charge is 2.14. The van der Waals surface area contributed by atoms with Gasteiger partial charge in [-0.15, -0.1) is 0 Å². The van der Waals surface area contributed by atoms with Gasteiger partial charge in [0.2, 0.25) is 0 Å². The summed E-state index contributed by atoms with van der Waals surface area (Å²) in [6.07, 6.45) is 2.40. The summed E-state index contributed by atoms with van der Waals surface area (Å²) in [6.45, 7) is 5.21. The average Bonchev–Trinajstić information content (AvgIpc) is 2.36. The van der Waals surface area contributed by atoms with E-state index in [2.05, 4.69) is 0 Å². The Morgan fingerprint density at radius 3 is 2.35 bits per heavy atom. The van der Waals surface area contributed by atoms with Crippen molar-refractivity contribution in [2.75, 3.05) is 0 Å².